The molecule has 0 atom stereocenters. The Bertz CT molecular complexity index is 658. The number of halogens is 1. The first-order valence-electron chi connectivity index (χ1n) is 9.14. The minimum absolute atomic E-state index is 0.476. The van der Waals surface area contributed by atoms with Crippen molar-refractivity contribution in [3.05, 3.63) is 58.6 Å². The van der Waals surface area contributed by atoms with E-state index in [-0.39, 0.29) is 0 Å². The van der Waals surface area contributed by atoms with Crippen molar-refractivity contribution in [3.8, 4) is 11.5 Å². The fourth-order valence-electron chi connectivity index (χ4n) is 2.76. The van der Waals surface area contributed by atoms with Crippen molar-refractivity contribution in [2.24, 2.45) is 0 Å². The summed E-state index contributed by atoms with van der Waals surface area (Å²) in [5, 5.41) is 4.23. The van der Waals surface area contributed by atoms with Crippen LogP contribution < -0.4 is 14.8 Å². The first kappa shape index (κ1) is 20.6. The zero-order chi connectivity index (χ0) is 18.8. The lowest BCUT2D eigenvalue weighted by Gasteiger charge is -2.19. The molecule has 0 saturated carbocycles. The van der Waals surface area contributed by atoms with E-state index < -0.39 is 0 Å². The Morgan fingerprint density at radius 2 is 1.77 bits per heavy atom. The number of hydrogen-bond acceptors (Lipinski definition) is 4. The molecule has 0 aliphatic heterocycles. The van der Waals surface area contributed by atoms with Gasteiger partial charge in [0.15, 0.2) is 11.5 Å². The van der Waals surface area contributed by atoms with Gasteiger partial charge in [0.1, 0.15) is 6.61 Å². The molecule has 2 aromatic carbocycles. The zero-order valence-corrected chi connectivity index (χ0v) is 16.7. The molecule has 2 rings (SSSR count). The van der Waals surface area contributed by atoms with Crippen molar-refractivity contribution in [2.75, 3.05) is 33.3 Å². The van der Waals surface area contributed by atoms with Crippen LogP contribution >= 0.6 is 11.6 Å². The number of likely N-dealkylation sites (N-methyl/N-ethyl adjacent to an activating group) is 1. The summed E-state index contributed by atoms with van der Waals surface area (Å²) in [4.78, 5) is 2.40. The molecule has 0 unspecified atom stereocenters. The summed E-state index contributed by atoms with van der Waals surface area (Å²) in [5.41, 5.74) is 2.17. The van der Waals surface area contributed by atoms with Gasteiger partial charge in [-0.05, 0) is 36.9 Å². The number of para-hydroxylation sites is 1. The Hall–Kier alpha value is -1.75. The molecule has 4 nitrogen and oxygen atoms in total. The van der Waals surface area contributed by atoms with Crippen LogP contribution in [0.3, 0.4) is 0 Å². The molecule has 26 heavy (non-hydrogen) atoms. The lowest BCUT2D eigenvalue weighted by atomic mass is 10.1. The minimum atomic E-state index is 0.476. The van der Waals surface area contributed by atoms with Gasteiger partial charge >= 0.3 is 0 Å². The number of nitrogens with one attached hydrogen (secondary N) is 1. The first-order valence-corrected chi connectivity index (χ1v) is 9.51. The molecule has 0 aliphatic rings. The van der Waals surface area contributed by atoms with Crippen molar-refractivity contribution >= 4 is 11.6 Å². The van der Waals surface area contributed by atoms with E-state index in [2.05, 4.69) is 30.1 Å². The van der Waals surface area contributed by atoms with Crippen molar-refractivity contribution in [1.29, 1.82) is 0 Å². The summed E-state index contributed by atoms with van der Waals surface area (Å²) in [5.74, 6) is 1.54. The van der Waals surface area contributed by atoms with Crippen LogP contribution in [0.15, 0.2) is 42.5 Å². The van der Waals surface area contributed by atoms with E-state index in [0.717, 1.165) is 60.4 Å². The molecular weight excluding hydrogens is 348 g/mol. The Morgan fingerprint density at radius 3 is 2.42 bits per heavy atom. The minimum Gasteiger partial charge on any atom is -0.493 e. The maximum absolute atomic E-state index is 6.09. The Balaban J connectivity index is 1.98. The standard InChI is InChI=1S/C21H29ClN2O2/c1-4-24(5-2)14-13-23-15-18-7-6-8-20(25-3)21(18)26-16-17-9-11-19(22)12-10-17/h6-12,23H,4-5,13-16H2,1-3H3. The summed E-state index contributed by atoms with van der Waals surface area (Å²) in [6, 6.07) is 13.7. The van der Waals surface area contributed by atoms with E-state index in [1.54, 1.807) is 7.11 Å². The smallest absolute Gasteiger partial charge is 0.166 e. The summed E-state index contributed by atoms with van der Waals surface area (Å²) < 4.78 is 11.6. The molecule has 0 saturated heterocycles. The second kappa shape index (κ2) is 11.1. The van der Waals surface area contributed by atoms with Crippen LogP contribution in [0.2, 0.25) is 5.02 Å². The van der Waals surface area contributed by atoms with Crippen LogP contribution in [0, 0.1) is 0 Å². The lowest BCUT2D eigenvalue weighted by molar-refractivity contribution is 0.279. The summed E-state index contributed by atoms with van der Waals surface area (Å²) in [7, 11) is 1.67. The molecule has 0 bridgehead atoms. The molecule has 5 heteroatoms. The predicted molar refractivity (Wildman–Crippen MR) is 108 cm³/mol. The summed E-state index contributed by atoms with van der Waals surface area (Å²) in [6.07, 6.45) is 0. The molecule has 0 radical (unpaired) electrons. The van der Waals surface area contributed by atoms with Gasteiger partial charge in [0.25, 0.3) is 0 Å². The third-order valence-electron chi connectivity index (χ3n) is 4.39. The van der Waals surface area contributed by atoms with E-state index in [0.29, 0.717) is 6.61 Å². The van der Waals surface area contributed by atoms with Crippen molar-refractivity contribution in [1.82, 2.24) is 10.2 Å². The maximum atomic E-state index is 6.09. The van der Waals surface area contributed by atoms with Crippen LogP contribution in [-0.2, 0) is 13.2 Å². The number of ether oxygens (including phenoxy) is 2. The van der Waals surface area contributed by atoms with Gasteiger partial charge < -0.3 is 19.7 Å². The van der Waals surface area contributed by atoms with Gasteiger partial charge in [-0.2, -0.15) is 0 Å². The first-order chi connectivity index (χ1) is 12.7. The molecular formula is C21H29ClN2O2. The molecule has 0 spiro atoms. The van der Waals surface area contributed by atoms with Gasteiger partial charge in [0.05, 0.1) is 7.11 Å². The van der Waals surface area contributed by atoms with Gasteiger partial charge in [-0.15, -0.1) is 0 Å². The van der Waals surface area contributed by atoms with Gasteiger partial charge in [-0.25, -0.2) is 0 Å². The number of nitrogens with zero attached hydrogens (tertiary/aromatic N) is 1. The number of hydrogen-bond donors (Lipinski definition) is 1. The molecule has 0 aromatic heterocycles. The molecule has 0 amide bonds. The Labute approximate surface area is 162 Å². The van der Waals surface area contributed by atoms with Gasteiger partial charge in [0.2, 0.25) is 0 Å². The highest BCUT2D eigenvalue weighted by Gasteiger charge is 2.11. The van der Waals surface area contributed by atoms with E-state index in [4.69, 9.17) is 21.1 Å². The maximum Gasteiger partial charge on any atom is 0.166 e. The highest BCUT2D eigenvalue weighted by Crippen LogP contribution is 2.31. The third-order valence-corrected chi connectivity index (χ3v) is 4.64. The SMILES string of the molecule is CCN(CC)CCNCc1cccc(OC)c1OCc1ccc(Cl)cc1. The highest BCUT2D eigenvalue weighted by molar-refractivity contribution is 6.30. The second-order valence-electron chi connectivity index (χ2n) is 6.07. The topological polar surface area (TPSA) is 33.7 Å². The number of methoxy groups -OCH3 is 1. The van der Waals surface area contributed by atoms with Crippen molar-refractivity contribution in [2.45, 2.75) is 27.0 Å². The third kappa shape index (κ3) is 6.20. The van der Waals surface area contributed by atoms with Crippen LogP contribution in [-0.4, -0.2) is 38.2 Å². The van der Waals surface area contributed by atoms with Crippen molar-refractivity contribution < 1.29 is 9.47 Å². The largest absolute Gasteiger partial charge is 0.493 e. The molecule has 0 fully saturated rings. The van der Waals surface area contributed by atoms with Crippen molar-refractivity contribution in [3.63, 3.8) is 0 Å². The van der Waals surface area contributed by atoms with Crippen LogP contribution in [0.4, 0.5) is 0 Å². The Morgan fingerprint density at radius 1 is 1.04 bits per heavy atom. The highest BCUT2D eigenvalue weighted by atomic mass is 35.5. The molecule has 0 aliphatic carbocycles. The van der Waals surface area contributed by atoms with E-state index >= 15 is 0 Å². The van der Waals surface area contributed by atoms with Crippen LogP contribution in [0.25, 0.3) is 0 Å². The van der Waals surface area contributed by atoms with Crippen LogP contribution in [0.5, 0.6) is 11.5 Å². The second-order valence-corrected chi connectivity index (χ2v) is 6.50. The molecule has 0 heterocycles. The average molecular weight is 377 g/mol. The van der Waals surface area contributed by atoms with E-state index in [1.165, 1.54) is 0 Å². The Kier molecular flexibility index (Phi) is 8.75. The quantitative estimate of drug-likeness (QED) is 0.591. The fraction of sp³-hybridized carbons (Fsp3) is 0.429. The lowest BCUT2D eigenvalue weighted by Crippen LogP contribution is -2.31. The summed E-state index contributed by atoms with van der Waals surface area (Å²) >= 11 is 5.94. The van der Waals surface area contributed by atoms with E-state index in [9.17, 15) is 0 Å². The van der Waals surface area contributed by atoms with Gasteiger partial charge in [-0.1, -0.05) is 49.7 Å². The molecule has 142 valence electrons. The number of rotatable bonds is 11. The average Bonchev–Trinajstić information content (AvgIpc) is 2.68. The van der Waals surface area contributed by atoms with Gasteiger partial charge in [-0.3, -0.25) is 0 Å². The number of benzene rings is 2. The molecule has 1 N–H and O–H groups in total. The normalized spacial score (nSPS) is 11.0. The fourth-order valence-corrected chi connectivity index (χ4v) is 2.89. The summed E-state index contributed by atoms with van der Waals surface area (Å²) in [6.45, 7) is 9.73. The predicted octanol–water partition coefficient (Wildman–Crippen LogP) is 4.36. The van der Waals surface area contributed by atoms with Crippen LogP contribution in [0.1, 0.15) is 25.0 Å². The zero-order valence-electron chi connectivity index (χ0n) is 15.9. The van der Waals surface area contributed by atoms with E-state index in [1.807, 2.05) is 36.4 Å². The van der Waals surface area contributed by atoms with Gasteiger partial charge in [0, 0.05) is 30.2 Å². The molecule has 2 aromatic rings. The monoisotopic (exact) mass is 376 g/mol.